The molecule has 0 heterocycles. The molecule has 0 spiro atoms. The molecule has 1 heteroatoms. The molecule has 4 aliphatic carbocycles. The van der Waals surface area contributed by atoms with Gasteiger partial charge in [-0.15, -0.1) is 0 Å². The highest BCUT2D eigenvalue weighted by atomic mass is 16.3. The average molecular weight is 276 g/mol. The van der Waals surface area contributed by atoms with Crippen molar-refractivity contribution in [3.05, 3.63) is 0 Å². The predicted octanol–water partition coefficient (Wildman–Crippen LogP) is 4.78. The van der Waals surface area contributed by atoms with Crippen LogP contribution >= 0.6 is 0 Å². The molecule has 0 aromatic carbocycles. The molecule has 114 valence electrons. The van der Waals surface area contributed by atoms with Crippen LogP contribution in [-0.4, -0.2) is 11.2 Å². The molecule has 0 bridgehead atoms. The van der Waals surface area contributed by atoms with E-state index in [9.17, 15) is 5.11 Å². The summed E-state index contributed by atoms with van der Waals surface area (Å²) in [5, 5.41) is 10.5. The maximum absolute atomic E-state index is 10.5. The number of rotatable bonds is 0. The molecule has 4 aliphatic rings. The second-order valence-electron chi connectivity index (χ2n) is 9.04. The summed E-state index contributed by atoms with van der Waals surface area (Å²) in [5.41, 5.74) is 0.912. The van der Waals surface area contributed by atoms with Crippen LogP contribution < -0.4 is 0 Å². The van der Waals surface area contributed by atoms with E-state index in [4.69, 9.17) is 0 Å². The van der Waals surface area contributed by atoms with Crippen molar-refractivity contribution < 1.29 is 5.11 Å². The van der Waals surface area contributed by atoms with E-state index >= 15 is 0 Å². The molecule has 0 aromatic heterocycles. The summed E-state index contributed by atoms with van der Waals surface area (Å²) in [5.74, 6) is 3.76. The molecule has 4 saturated carbocycles. The lowest BCUT2D eigenvalue weighted by Crippen LogP contribution is -2.53. The minimum Gasteiger partial charge on any atom is -0.393 e. The SMILES string of the molecule is CC12CCC3C(CCC4CCCC[C@@]43C)C1CCC2O. The second-order valence-corrected chi connectivity index (χ2v) is 9.04. The van der Waals surface area contributed by atoms with E-state index < -0.39 is 0 Å². The number of aliphatic hydroxyl groups excluding tert-OH is 1. The Morgan fingerprint density at radius 2 is 1.55 bits per heavy atom. The third kappa shape index (κ3) is 1.65. The van der Waals surface area contributed by atoms with E-state index in [1.54, 1.807) is 0 Å². The third-order valence-electron chi connectivity index (χ3n) is 8.53. The molecule has 7 atom stereocenters. The predicted molar refractivity (Wildman–Crippen MR) is 82.4 cm³/mol. The summed E-state index contributed by atoms with van der Waals surface area (Å²) >= 11 is 0. The van der Waals surface area contributed by atoms with E-state index in [0.29, 0.717) is 5.41 Å². The normalized spacial score (nSPS) is 58.6. The summed E-state index contributed by atoms with van der Waals surface area (Å²) in [6.07, 6.45) is 14.0. The quantitative estimate of drug-likeness (QED) is 0.675. The lowest BCUT2D eigenvalue weighted by Gasteiger charge is -2.60. The fraction of sp³-hybridized carbons (Fsp3) is 1.00. The van der Waals surface area contributed by atoms with Gasteiger partial charge in [0.15, 0.2) is 0 Å². The Labute approximate surface area is 124 Å². The Morgan fingerprint density at radius 3 is 2.40 bits per heavy atom. The van der Waals surface area contributed by atoms with Crippen LogP contribution in [0, 0.1) is 34.5 Å². The van der Waals surface area contributed by atoms with Crippen LogP contribution in [0.25, 0.3) is 0 Å². The molecule has 0 amide bonds. The molecule has 4 rings (SSSR count). The van der Waals surface area contributed by atoms with Gasteiger partial charge >= 0.3 is 0 Å². The van der Waals surface area contributed by atoms with Gasteiger partial charge in [-0.3, -0.25) is 0 Å². The first kappa shape index (κ1) is 13.6. The first-order valence-corrected chi connectivity index (χ1v) is 9.24. The number of hydrogen-bond donors (Lipinski definition) is 1. The van der Waals surface area contributed by atoms with Crippen LogP contribution in [0.15, 0.2) is 0 Å². The minimum atomic E-state index is -0.00895. The topological polar surface area (TPSA) is 20.2 Å². The minimum absolute atomic E-state index is 0.00895. The highest BCUT2D eigenvalue weighted by molar-refractivity contribution is 5.08. The van der Waals surface area contributed by atoms with Crippen LogP contribution in [0.3, 0.4) is 0 Å². The molecule has 0 aromatic rings. The van der Waals surface area contributed by atoms with Crippen LogP contribution in [-0.2, 0) is 0 Å². The Balaban J connectivity index is 1.64. The zero-order valence-electron chi connectivity index (χ0n) is 13.4. The van der Waals surface area contributed by atoms with Crippen molar-refractivity contribution in [3.8, 4) is 0 Å². The van der Waals surface area contributed by atoms with Gasteiger partial charge in [0.05, 0.1) is 6.10 Å². The Kier molecular flexibility index (Phi) is 3.05. The van der Waals surface area contributed by atoms with Gasteiger partial charge in [0.2, 0.25) is 0 Å². The highest BCUT2D eigenvalue weighted by Crippen LogP contribution is 2.66. The summed E-state index contributed by atoms with van der Waals surface area (Å²) in [7, 11) is 0. The smallest absolute Gasteiger partial charge is 0.0596 e. The molecule has 1 nitrogen and oxygen atoms in total. The van der Waals surface area contributed by atoms with E-state index in [-0.39, 0.29) is 11.5 Å². The Hall–Kier alpha value is -0.0400. The Bertz CT molecular complexity index is 391. The lowest BCUT2D eigenvalue weighted by molar-refractivity contribution is -0.120. The number of hydrogen-bond acceptors (Lipinski definition) is 1. The summed E-state index contributed by atoms with van der Waals surface area (Å²) < 4.78 is 0. The lowest BCUT2D eigenvalue weighted by atomic mass is 9.45. The van der Waals surface area contributed by atoms with Crippen molar-refractivity contribution in [3.63, 3.8) is 0 Å². The summed E-state index contributed by atoms with van der Waals surface area (Å²) in [4.78, 5) is 0. The van der Waals surface area contributed by atoms with E-state index in [1.807, 2.05) is 0 Å². The third-order valence-corrected chi connectivity index (χ3v) is 8.53. The highest BCUT2D eigenvalue weighted by Gasteiger charge is 2.59. The molecule has 0 aliphatic heterocycles. The fourth-order valence-electron chi connectivity index (χ4n) is 7.27. The van der Waals surface area contributed by atoms with Gasteiger partial charge in [0.1, 0.15) is 0 Å². The van der Waals surface area contributed by atoms with Crippen LogP contribution in [0.1, 0.15) is 78.1 Å². The van der Waals surface area contributed by atoms with Crippen LogP contribution in [0.4, 0.5) is 0 Å². The van der Waals surface area contributed by atoms with E-state index in [2.05, 4.69) is 13.8 Å². The van der Waals surface area contributed by atoms with E-state index in [0.717, 1.165) is 30.1 Å². The fourth-order valence-corrected chi connectivity index (χ4v) is 7.27. The maximum Gasteiger partial charge on any atom is 0.0596 e. The van der Waals surface area contributed by atoms with E-state index in [1.165, 1.54) is 57.8 Å². The maximum atomic E-state index is 10.5. The first-order chi connectivity index (χ1) is 9.56. The average Bonchev–Trinajstić information content (AvgIpc) is 2.74. The molecule has 6 unspecified atom stereocenters. The van der Waals surface area contributed by atoms with Crippen molar-refractivity contribution in [1.29, 1.82) is 0 Å². The summed E-state index contributed by atoms with van der Waals surface area (Å²) in [6, 6.07) is 0. The number of aliphatic hydroxyl groups is 1. The Morgan fingerprint density at radius 1 is 0.750 bits per heavy atom. The van der Waals surface area contributed by atoms with Crippen molar-refractivity contribution >= 4 is 0 Å². The summed E-state index contributed by atoms with van der Waals surface area (Å²) in [6.45, 7) is 5.04. The van der Waals surface area contributed by atoms with Gasteiger partial charge in [-0.1, -0.05) is 26.7 Å². The van der Waals surface area contributed by atoms with Crippen LogP contribution in [0.2, 0.25) is 0 Å². The van der Waals surface area contributed by atoms with Gasteiger partial charge < -0.3 is 5.11 Å². The zero-order chi connectivity index (χ0) is 14.0. The van der Waals surface area contributed by atoms with Crippen molar-refractivity contribution in [2.45, 2.75) is 84.2 Å². The number of fused-ring (bicyclic) bond motifs is 5. The first-order valence-electron chi connectivity index (χ1n) is 9.24. The van der Waals surface area contributed by atoms with Crippen molar-refractivity contribution in [2.24, 2.45) is 34.5 Å². The van der Waals surface area contributed by atoms with Gasteiger partial charge in [-0.2, -0.15) is 0 Å². The monoisotopic (exact) mass is 276 g/mol. The van der Waals surface area contributed by atoms with Gasteiger partial charge in [-0.05, 0) is 85.9 Å². The molecule has 1 N–H and O–H groups in total. The largest absolute Gasteiger partial charge is 0.393 e. The molecule has 0 saturated heterocycles. The standard InChI is InChI=1S/C19H32O/c1-18-11-4-3-5-13(18)6-7-14-15-8-9-17(20)19(15,2)12-10-16(14)18/h13-17,20H,3-12H2,1-2H3/t13?,14?,15?,16?,17?,18-,19?/m0/s1. The molecule has 0 radical (unpaired) electrons. The molecular weight excluding hydrogens is 244 g/mol. The van der Waals surface area contributed by atoms with Gasteiger partial charge in [-0.25, -0.2) is 0 Å². The second kappa shape index (κ2) is 4.48. The van der Waals surface area contributed by atoms with Gasteiger partial charge in [0, 0.05) is 0 Å². The van der Waals surface area contributed by atoms with Crippen molar-refractivity contribution in [2.75, 3.05) is 0 Å². The van der Waals surface area contributed by atoms with Gasteiger partial charge in [0.25, 0.3) is 0 Å². The zero-order valence-corrected chi connectivity index (χ0v) is 13.4. The molecular formula is C19H32O. The molecule has 20 heavy (non-hydrogen) atoms. The molecule has 4 fully saturated rings. The van der Waals surface area contributed by atoms with Crippen LogP contribution in [0.5, 0.6) is 0 Å². The van der Waals surface area contributed by atoms with Crippen molar-refractivity contribution in [1.82, 2.24) is 0 Å².